The van der Waals surface area contributed by atoms with Crippen LogP contribution in [0.5, 0.6) is 0 Å². The van der Waals surface area contributed by atoms with E-state index in [0.717, 1.165) is 11.3 Å². The molecule has 0 spiro atoms. The van der Waals surface area contributed by atoms with Crippen molar-refractivity contribution in [3.8, 4) is 0 Å². The minimum Gasteiger partial charge on any atom is -0.466 e. The van der Waals surface area contributed by atoms with Crippen molar-refractivity contribution in [3.05, 3.63) is 65.5 Å². The molecule has 132 valence electrons. The molecular weight excluding hydrogens is 318 g/mol. The number of aromatic nitrogens is 1. The van der Waals surface area contributed by atoms with Gasteiger partial charge in [0.2, 0.25) is 0 Å². The normalized spacial score (nSPS) is 10.3. The number of hydrogen-bond donors (Lipinski definition) is 2. The van der Waals surface area contributed by atoms with Crippen LogP contribution in [0.2, 0.25) is 0 Å². The number of nitrogens with one attached hydrogen (secondary N) is 2. The summed E-state index contributed by atoms with van der Waals surface area (Å²) in [6.07, 6.45) is 2.05. The van der Waals surface area contributed by atoms with Crippen LogP contribution in [0.1, 0.15) is 35.0 Å². The summed E-state index contributed by atoms with van der Waals surface area (Å²) in [6.45, 7) is 3.79. The van der Waals surface area contributed by atoms with E-state index in [0.29, 0.717) is 38.2 Å². The van der Waals surface area contributed by atoms with Crippen LogP contribution < -0.4 is 10.6 Å². The molecule has 1 heterocycles. The van der Waals surface area contributed by atoms with Gasteiger partial charge in [0.05, 0.1) is 25.3 Å². The molecule has 1 aromatic carbocycles. The molecule has 25 heavy (non-hydrogen) atoms. The van der Waals surface area contributed by atoms with Crippen molar-refractivity contribution in [2.45, 2.75) is 26.4 Å². The standard InChI is InChI=1S/C19H23N3O3/c1-2-25-18(23)10-12-20-13-15-6-8-16(9-7-15)19(24)22-14-17-5-3-4-11-21-17/h3-9,11,20H,2,10,12-14H2,1H3,(H,22,24). The number of ether oxygens (including phenoxy) is 1. The average molecular weight is 341 g/mol. The Labute approximate surface area is 147 Å². The summed E-state index contributed by atoms with van der Waals surface area (Å²) < 4.78 is 4.86. The molecule has 0 saturated carbocycles. The number of carbonyl (C=O) groups excluding carboxylic acids is 2. The number of nitrogens with zero attached hydrogens (tertiary/aromatic N) is 1. The quantitative estimate of drug-likeness (QED) is 0.539. The van der Waals surface area contributed by atoms with Crippen LogP contribution in [0.4, 0.5) is 0 Å². The van der Waals surface area contributed by atoms with Gasteiger partial charge in [-0.2, -0.15) is 0 Å². The summed E-state index contributed by atoms with van der Waals surface area (Å²) >= 11 is 0. The predicted octanol–water partition coefficient (Wildman–Crippen LogP) is 2.05. The second kappa shape index (κ2) is 10.2. The highest BCUT2D eigenvalue weighted by atomic mass is 16.5. The van der Waals surface area contributed by atoms with Crippen molar-refractivity contribution in [2.24, 2.45) is 0 Å². The summed E-state index contributed by atoms with van der Waals surface area (Å²) in [5.74, 6) is -0.331. The summed E-state index contributed by atoms with van der Waals surface area (Å²) in [4.78, 5) is 27.5. The van der Waals surface area contributed by atoms with E-state index >= 15 is 0 Å². The molecule has 0 aliphatic rings. The summed E-state index contributed by atoms with van der Waals surface area (Å²) in [6, 6.07) is 13.0. The third-order valence-electron chi connectivity index (χ3n) is 3.51. The molecule has 0 saturated heterocycles. The smallest absolute Gasteiger partial charge is 0.307 e. The number of amides is 1. The summed E-state index contributed by atoms with van der Waals surface area (Å²) in [7, 11) is 0. The van der Waals surface area contributed by atoms with E-state index in [1.807, 2.05) is 30.3 Å². The second-order valence-corrected chi connectivity index (χ2v) is 5.43. The largest absolute Gasteiger partial charge is 0.466 e. The number of pyridine rings is 1. The van der Waals surface area contributed by atoms with Gasteiger partial charge in [-0.15, -0.1) is 0 Å². The van der Waals surface area contributed by atoms with Crippen LogP contribution in [0.15, 0.2) is 48.7 Å². The van der Waals surface area contributed by atoms with E-state index in [4.69, 9.17) is 4.74 Å². The van der Waals surface area contributed by atoms with Gasteiger partial charge in [0.25, 0.3) is 5.91 Å². The molecule has 0 fully saturated rings. The first-order valence-corrected chi connectivity index (χ1v) is 8.32. The van der Waals surface area contributed by atoms with Crippen molar-refractivity contribution in [2.75, 3.05) is 13.2 Å². The lowest BCUT2D eigenvalue weighted by molar-refractivity contribution is -0.142. The second-order valence-electron chi connectivity index (χ2n) is 5.43. The topological polar surface area (TPSA) is 80.3 Å². The van der Waals surface area contributed by atoms with Crippen LogP contribution in [0, 0.1) is 0 Å². The molecule has 1 amide bonds. The third-order valence-corrected chi connectivity index (χ3v) is 3.51. The highest BCUT2D eigenvalue weighted by Gasteiger charge is 2.06. The summed E-state index contributed by atoms with van der Waals surface area (Å²) in [5, 5.41) is 6.02. The van der Waals surface area contributed by atoms with Gasteiger partial charge in [0.15, 0.2) is 0 Å². The number of esters is 1. The predicted molar refractivity (Wildman–Crippen MR) is 94.8 cm³/mol. The lowest BCUT2D eigenvalue weighted by atomic mass is 10.1. The van der Waals surface area contributed by atoms with Crippen LogP contribution in [-0.4, -0.2) is 30.0 Å². The minimum absolute atomic E-state index is 0.132. The van der Waals surface area contributed by atoms with Gasteiger partial charge in [-0.1, -0.05) is 18.2 Å². The molecule has 2 aromatic rings. The third kappa shape index (κ3) is 6.73. The van der Waals surface area contributed by atoms with Gasteiger partial charge >= 0.3 is 5.97 Å². The Hall–Kier alpha value is -2.73. The van der Waals surface area contributed by atoms with Crippen LogP contribution >= 0.6 is 0 Å². The lowest BCUT2D eigenvalue weighted by Gasteiger charge is -2.07. The fraction of sp³-hybridized carbons (Fsp3) is 0.316. The van der Waals surface area contributed by atoms with Crippen molar-refractivity contribution in [1.82, 2.24) is 15.6 Å². The lowest BCUT2D eigenvalue weighted by Crippen LogP contribution is -2.23. The van der Waals surface area contributed by atoms with Crippen LogP contribution in [-0.2, 0) is 22.6 Å². The van der Waals surface area contributed by atoms with Gasteiger partial charge in [0.1, 0.15) is 0 Å². The van der Waals surface area contributed by atoms with Crippen LogP contribution in [0.3, 0.4) is 0 Å². The molecule has 6 heteroatoms. The molecule has 0 aliphatic heterocycles. The fourth-order valence-corrected chi connectivity index (χ4v) is 2.21. The molecule has 0 aliphatic carbocycles. The first-order valence-electron chi connectivity index (χ1n) is 8.32. The maximum Gasteiger partial charge on any atom is 0.307 e. The Kier molecular flexibility index (Phi) is 7.59. The first-order chi connectivity index (χ1) is 12.2. The van der Waals surface area contributed by atoms with Gasteiger partial charge in [-0.25, -0.2) is 0 Å². The molecule has 0 bridgehead atoms. The zero-order chi connectivity index (χ0) is 17.9. The van der Waals surface area contributed by atoms with Crippen molar-refractivity contribution < 1.29 is 14.3 Å². The minimum atomic E-state index is -0.199. The molecule has 1 aromatic heterocycles. The molecular formula is C19H23N3O3. The average Bonchev–Trinajstić information content (AvgIpc) is 2.65. The maximum absolute atomic E-state index is 12.1. The number of carbonyl (C=O) groups is 2. The zero-order valence-corrected chi connectivity index (χ0v) is 14.3. The van der Waals surface area contributed by atoms with Gasteiger partial charge in [0, 0.05) is 24.8 Å². The Morgan fingerprint density at radius 3 is 2.56 bits per heavy atom. The van der Waals surface area contributed by atoms with E-state index in [1.54, 1.807) is 25.3 Å². The van der Waals surface area contributed by atoms with Gasteiger partial charge < -0.3 is 15.4 Å². The molecule has 0 unspecified atom stereocenters. The van der Waals surface area contributed by atoms with E-state index in [-0.39, 0.29) is 11.9 Å². The molecule has 0 atom stereocenters. The van der Waals surface area contributed by atoms with Crippen molar-refractivity contribution >= 4 is 11.9 Å². The number of benzene rings is 1. The van der Waals surface area contributed by atoms with Crippen LogP contribution in [0.25, 0.3) is 0 Å². The maximum atomic E-state index is 12.1. The Bertz CT molecular complexity index is 672. The van der Waals surface area contributed by atoms with E-state index in [1.165, 1.54) is 0 Å². The van der Waals surface area contributed by atoms with Crippen molar-refractivity contribution in [1.29, 1.82) is 0 Å². The summed E-state index contributed by atoms with van der Waals surface area (Å²) in [5.41, 5.74) is 2.47. The highest BCUT2D eigenvalue weighted by Crippen LogP contribution is 2.05. The van der Waals surface area contributed by atoms with Gasteiger partial charge in [-0.05, 0) is 36.8 Å². The Morgan fingerprint density at radius 2 is 1.88 bits per heavy atom. The first kappa shape index (κ1) is 18.6. The number of rotatable bonds is 9. The van der Waals surface area contributed by atoms with Crippen molar-refractivity contribution in [3.63, 3.8) is 0 Å². The van der Waals surface area contributed by atoms with Gasteiger partial charge in [-0.3, -0.25) is 14.6 Å². The fourth-order valence-electron chi connectivity index (χ4n) is 2.21. The van der Waals surface area contributed by atoms with E-state index in [2.05, 4.69) is 15.6 Å². The zero-order valence-electron chi connectivity index (χ0n) is 14.3. The molecule has 6 nitrogen and oxygen atoms in total. The molecule has 2 rings (SSSR count). The molecule has 2 N–H and O–H groups in total. The van der Waals surface area contributed by atoms with E-state index in [9.17, 15) is 9.59 Å². The highest BCUT2D eigenvalue weighted by molar-refractivity contribution is 5.94. The SMILES string of the molecule is CCOC(=O)CCNCc1ccc(C(=O)NCc2ccccn2)cc1. The monoisotopic (exact) mass is 341 g/mol. The van der Waals surface area contributed by atoms with E-state index < -0.39 is 0 Å². The Morgan fingerprint density at radius 1 is 1.08 bits per heavy atom. The number of hydrogen-bond acceptors (Lipinski definition) is 5. The molecule has 0 radical (unpaired) electrons. The Balaban J connectivity index is 1.73.